The number of halogens is 1. The van der Waals surface area contributed by atoms with Crippen molar-refractivity contribution in [3.63, 3.8) is 0 Å². The maximum Gasteiger partial charge on any atom is 0.272 e. The molecule has 4 nitrogen and oxygen atoms in total. The summed E-state index contributed by atoms with van der Waals surface area (Å²) in [5, 5.41) is 10.9. The standard InChI is InChI=1S/C14H18FN3O/c1-8(2)7-16-9(3)13-11-5-4-10(15)6-12(11)14(19)18-17-13/h4-6,8-9,16H,7H2,1-3H3,(H,18,19). The van der Waals surface area contributed by atoms with Crippen molar-refractivity contribution < 1.29 is 4.39 Å². The van der Waals surface area contributed by atoms with Gasteiger partial charge in [-0.1, -0.05) is 13.8 Å². The van der Waals surface area contributed by atoms with Crippen LogP contribution in [0.5, 0.6) is 0 Å². The molecule has 1 unspecified atom stereocenters. The number of H-pyrrole nitrogens is 1. The zero-order valence-corrected chi connectivity index (χ0v) is 11.3. The first-order valence-electron chi connectivity index (χ1n) is 6.40. The molecule has 0 bridgehead atoms. The number of fused-ring (bicyclic) bond motifs is 1. The molecular weight excluding hydrogens is 245 g/mol. The van der Waals surface area contributed by atoms with Gasteiger partial charge >= 0.3 is 0 Å². The van der Waals surface area contributed by atoms with Gasteiger partial charge in [-0.2, -0.15) is 5.10 Å². The molecule has 1 heterocycles. The highest BCUT2D eigenvalue weighted by Crippen LogP contribution is 2.20. The highest BCUT2D eigenvalue weighted by atomic mass is 19.1. The lowest BCUT2D eigenvalue weighted by Gasteiger charge is -2.16. The van der Waals surface area contributed by atoms with Gasteiger partial charge in [-0.3, -0.25) is 4.79 Å². The first-order chi connectivity index (χ1) is 8.99. The van der Waals surface area contributed by atoms with E-state index in [0.29, 0.717) is 16.7 Å². The Hall–Kier alpha value is -1.75. The summed E-state index contributed by atoms with van der Waals surface area (Å²) in [5.74, 6) is 0.104. The van der Waals surface area contributed by atoms with Crippen molar-refractivity contribution >= 4 is 10.8 Å². The molecule has 0 spiro atoms. The van der Waals surface area contributed by atoms with Gasteiger partial charge in [-0.25, -0.2) is 9.49 Å². The quantitative estimate of drug-likeness (QED) is 0.890. The van der Waals surface area contributed by atoms with Crippen LogP contribution in [0, 0.1) is 11.7 Å². The Morgan fingerprint density at radius 1 is 1.32 bits per heavy atom. The van der Waals surface area contributed by atoms with Gasteiger partial charge in [0.25, 0.3) is 5.56 Å². The van der Waals surface area contributed by atoms with Gasteiger partial charge in [0.1, 0.15) is 5.82 Å². The van der Waals surface area contributed by atoms with Crippen LogP contribution in [0.15, 0.2) is 23.0 Å². The summed E-state index contributed by atoms with van der Waals surface area (Å²) in [6.07, 6.45) is 0. The minimum absolute atomic E-state index is 0.00721. The summed E-state index contributed by atoms with van der Waals surface area (Å²) in [4.78, 5) is 11.7. The molecule has 1 aromatic heterocycles. The molecule has 0 aliphatic rings. The van der Waals surface area contributed by atoms with Gasteiger partial charge in [-0.05, 0) is 37.6 Å². The van der Waals surface area contributed by atoms with E-state index in [1.807, 2.05) is 6.92 Å². The number of nitrogens with one attached hydrogen (secondary N) is 2. The number of nitrogens with zero attached hydrogens (tertiary/aromatic N) is 1. The monoisotopic (exact) mass is 263 g/mol. The van der Waals surface area contributed by atoms with E-state index >= 15 is 0 Å². The van der Waals surface area contributed by atoms with E-state index < -0.39 is 5.82 Å². The fourth-order valence-corrected chi connectivity index (χ4v) is 2.00. The van der Waals surface area contributed by atoms with Crippen molar-refractivity contribution in [1.29, 1.82) is 0 Å². The van der Waals surface area contributed by atoms with Gasteiger partial charge in [0.05, 0.1) is 11.1 Å². The topological polar surface area (TPSA) is 57.8 Å². The Morgan fingerprint density at radius 2 is 2.05 bits per heavy atom. The van der Waals surface area contributed by atoms with E-state index in [2.05, 4.69) is 29.4 Å². The van der Waals surface area contributed by atoms with Crippen LogP contribution in [0.4, 0.5) is 4.39 Å². The third-order valence-electron chi connectivity index (χ3n) is 3.02. The summed E-state index contributed by atoms with van der Waals surface area (Å²) in [6.45, 7) is 7.07. The molecule has 19 heavy (non-hydrogen) atoms. The average Bonchev–Trinajstić information content (AvgIpc) is 2.37. The Balaban J connectivity index is 2.44. The summed E-state index contributed by atoms with van der Waals surface area (Å²) in [7, 11) is 0. The zero-order chi connectivity index (χ0) is 14.0. The Morgan fingerprint density at radius 3 is 2.74 bits per heavy atom. The summed E-state index contributed by atoms with van der Waals surface area (Å²) < 4.78 is 13.2. The van der Waals surface area contributed by atoms with Crippen LogP contribution in [0.3, 0.4) is 0 Å². The van der Waals surface area contributed by atoms with Crippen LogP contribution >= 0.6 is 0 Å². The van der Waals surface area contributed by atoms with Gasteiger partial charge in [0, 0.05) is 11.4 Å². The number of rotatable bonds is 4. The molecule has 102 valence electrons. The summed E-state index contributed by atoms with van der Waals surface area (Å²) in [5.41, 5.74) is 0.365. The van der Waals surface area contributed by atoms with Gasteiger partial charge in [-0.15, -0.1) is 0 Å². The minimum atomic E-state index is -0.419. The third-order valence-corrected chi connectivity index (χ3v) is 3.02. The molecule has 2 aromatic rings. The summed E-state index contributed by atoms with van der Waals surface area (Å²) >= 11 is 0. The SMILES string of the molecule is CC(C)CNC(C)c1n[nH]c(=O)c2cc(F)ccc12. The van der Waals surface area contributed by atoms with E-state index in [1.54, 1.807) is 6.07 Å². The minimum Gasteiger partial charge on any atom is -0.309 e. The highest BCUT2D eigenvalue weighted by Gasteiger charge is 2.13. The van der Waals surface area contributed by atoms with E-state index in [0.717, 1.165) is 12.2 Å². The maximum atomic E-state index is 13.2. The molecule has 0 aliphatic carbocycles. The smallest absolute Gasteiger partial charge is 0.272 e. The first kappa shape index (κ1) is 13.7. The van der Waals surface area contributed by atoms with Crippen LogP contribution in [0.1, 0.15) is 32.5 Å². The Labute approximate surface area is 111 Å². The van der Waals surface area contributed by atoms with Crippen molar-refractivity contribution in [2.45, 2.75) is 26.8 Å². The predicted molar refractivity (Wildman–Crippen MR) is 73.6 cm³/mol. The number of aromatic nitrogens is 2. The Kier molecular flexibility index (Phi) is 3.95. The highest BCUT2D eigenvalue weighted by molar-refractivity contribution is 5.83. The molecule has 0 radical (unpaired) electrons. The van der Waals surface area contributed by atoms with Gasteiger partial charge in [0.2, 0.25) is 0 Å². The van der Waals surface area contributed by atoms with E-state index in [-0.39, 0.29) is 11.6 Å². The molecule has 1 atom stereocenters. The van der Waals surface area contributed by atoms with E-state index in [4.69, 9.17) is 0 Å². The van der Waals surface area contributed by atoms with Crippen LogP contribution in [-0.4, -0.2) is 16.7 Å². The van der Waals surface area contributed by atoms with Crippen molar-refractivity contribution in [3.05, 3.63) is 40.1 Å². The molecular formula is C14H18FN3O. The number of hydrogen-bond donors (Lipinski definition) is 2. The average molecular weight is 263 g/mol. The molecule has 0 saturated heterocycles. The second kappa shape index (κ2) is 5.48. The van der Waals surface area contributed by atoms with E-state index in [1.165, 1.54) is 12.1 Å². The first-order valence-corrected chi connectivity index (χ1v) is 6.40. The fourth-order valence-electron chi connectivity index (χ4n) is 2.00. The second-order valence-corrected chi connectivity index (χ2v) is 5.15. The molecule has 0 fully saturated rings. The second-order valence-electron chi connectivity index (χ2n) is 5.15. The normalized spacial score (nSPS) is 13.1. The van der Waals surface area contributed by atoms with Crippen LogP contribution in [0.25, 0.3) is 10.8 Å². The molecule has 1 aromatic carbocycles. The molecule has 0 amide bonds. The predicted octanol–water partition coefficient (Wildman–Crippen LogP) is 2.37. The lowest BCUT2D eigenvalue weighted by molar-refractivity contribution is 0.489. The zero-order valence-electron chi connectivity index (χ0n) is 11.3. The van der Waals surface area contributed by atoms with Crippen molar-refractivity contribution in [3.8, 4) is 0 Å². The number of aromatic amines is 1. The number of benzene rings is 1. The van der Waals surface area contributed by atoms with Crippen LogP contribution in [0.2, 0.25) is 0 Å². The lowest BCUT2D eigenvalue weighted by atomic mass is 10.1. The molecule has 0 aliphatic heterocycles. The lowest BCUT2D eigenvalue weighted by Crippen LogP contribution is -2.25. The van der Waals surface area contributed by atoms with E-state index in [9.17, 15) is 9.18 Å². The molecule has 0 saturated carbocycles. The molecule has 2 rings (SSSR count). The van der Waals surface area contributed by atoms with Gasteiger partial charge < -0.3 is 5.32 Å². The summed E-state index contributed by atoms with van der Waals surface area (Å²) in [6, 6.07) is 4.19. The number of hydrogen-bond acceptors (Lipinski definition) is 3. The van der Waals surface area contributed by atoms with Crippen molar-refractivity contribution in [2.24, 2.45) is 5.92 Å². The van der Waals surface area contributed by atoms with Gasteiger partial charge in [0.15, 0.2) is 0 Å². The van der Waals surface area contributed by atoms with Crippen molar-refractivity contribution in [2.75, 3.05) is 6.54 Å². The van der Waals surface area contributed by atoms with Crippen molar-refractivity contribution in [1.82, 2.24) is 15.5 Å². The third kappa shape index (κ3) is 2.98. The fraction of sp³-hybridized carbons (Fsp3) is 0.429. The Bertz CT molecular complexity index is 636. The van der Waals surface area contributed by atoms with Crippen LogP contribution in [-0.2, 0) is 0 Å². The molecule has 2 N–H and O–H groups in total. The largest absolute Gasteiger partial charge is 0.309 e. The van der Waals surface area contributed by atoms with Crippen LogP contribution < -0.4 is 10.9 Å². The maximum absolute atomic E-state index is 13.2. The molecule has 5 heteroatoms.